The van der Waals surface area contributed by atoms with Crippen LogP contribution in [0.1, 0.15) is 24.5 Å². The summed E-state index contributed by atoms with van der Waals surface area (Å²) in [6, 6.07) is 3.37. The SMILES string of the molecule is NC1CCN(CC(O)c2cc(F)cc(F)c2)CC1. The molecule has 1 unspecified atom stereocenters. The van der Waals surface area contributed by atoms with E-state index in [0.29, 0.717) is 6.54 Å². The Labute approximate surface area is 105 Å². The molecule has 0 aliphatic carbocycles. The van der Waals surface area contributed by atoms with Gasteiger partial charge in [-0.3, -0.25) is 0 Å². The number of aliphatic hydroxyl groups excluding tert-OH is 1. The first-order chi connectivity index (χ1) is 8.54. The van der Waals surface area contributed by atoms with Crippen molar-refractivity contribution < 1.29 is 13.9 Å². The number of piperidine rings is 1. The zero-order valence-electron chi connectivity index (χ0n) is 10.1. The van der Waals surface area contributed by atoms with Crippen LogP contribution in [0.15, 0.2) is 18.2 Å². The Bertz CT molecular complexity index is 386. The van der Waals surface area contributed by atoms with Gasteiger partial charge in [-0.1, -0.05) is 0 Å². The van der Waals surface area contributed by atoms with Gasteiger partial charge >= 0.3 is 0 Å². The van der Waals surface area contributed by atoms with Crippen LogP contribution in [-0.2, 0) is 0 Å². The van der Waals surface area contributed by atoms with E-state index in [1.807, 2.05) is 0 Å². The molecule has 1 aliphatic heterocycles. The van der Waals surface area contributed by atoms with Crippen molar-refractivity contribution in [1.29, 1.82) is 0 Å². The third-order valence-electron chi connectivity index (χ3n) is 3.33. The fourth-order valence-electron chi connectivity index (χ4n) is 2.25. The number of benzene rings is 1. The van der Waals surface area contributed by atoms with Crippen molar-refractivity contribution in [3.05, 3.63) is 35.4 Å². The Balaban J connectivity index is 1.96. The molecule has 0 bridgehead atoms. The molecule has 100 valence electrons. The highest BCUT2D eigenvalue weighted by Gasteiger charge is 2.20. The summed E-state index contributed by atoms with van der Waals surface area (Å²) >= 11 is 0. The number of rotatable bonds is 3. The lowest BCUT2D eigenvalue weighted by Gasteiger charge is -2.31. The molecule has 3 nitrogen and oxygen atoms in total. The van der Waals surface area contributed by atoms with Gasteiger partial charge in [-0.25, -0.2) is 8.78 Å². The quantitative estimate of drug-likeness (QED) is 0.860. The molecule has 1 aromatic carbocycles. The Hall–Kier alpha value is -1.04. The number of hydrogen-bond acceptors (Lipinski definition) is 3. The van der Waals surface area contributed by atoms with Gasteiger partial charge in [0.1, 0.15) is 11.6 Å². The molecule has 1 aliphatic rings. The van der Waals surface area contributed by atoms with Crippen LogP contribution >= 0.6 is 0 Å². The topological polar surface area (TPSA) is 49.5 Å². The first-order valence-corrected chi connectivity index (χ1v) is 6.16. The van der Waals surface area contributed by atoms with Gasteiger partial charge in [-0.05, 0) is 43.6 Å². The van der Waals surface area contributed by atoms with Crippen LogP contribution in [0, 0.1) is 11.6 Å². The van der Waals surface area contributed by atoms with Gasteiger partial charge in [0.15, 0.2) is 0 Å². The number of nitrogens with two attached hydrogens (primary N) is 1. The van der Waals surface area contributed by atoms with Crippen molar-refractivity contribution in [3.8, 4) is 0 Å². The second-order valence-electron chi connectivity index (χ2n) is 4.86. The lowest BCUT2D eigenvalue weighted by molar-refractivity contribution is 0.0972. The van der Waals surface area contributed by atoms with E-state index in [1.165, 1.54) is 12.1 Å². The van der Waals surface area contributed by atoms with Crippen LogP contribution in [0.3, 0.4) is 0 Å². The van der Waals surface area contributed by atoms with Crippen molar-refractivity contribution in [2.75, 3.05) is 19.6 Å². The van der Waals surface area contributed by atoms with E-state index >= 15 is 0 Å². The molecule has 0 radical (unpaired) electrons. The van der Waals surface area contributed by atoms with Crippen molar-refractivity contribution in [2.45, 2.75) is 25.0 Å². The maximum atomic E-state index is 13.0. The molecule has 1 aromatic rings. The van der Waals surface area contributed by atoms with E-state index in [-0.39, 0.29) is 11.6 Å². The Morgan fingerprint density at radius 2 is 1.78 bits per heavy atom. The van der Waals surface area contributed by atoms with E-state index < -0.39 is 17.7 Å². The molecule has 0 aromatic heterocycles. The van der Waals surface area contributed by atoms with Crippen LogP contribution in [0.25, 0.3) is 0 Å². The summed E-state index contributed by atoms with van der Waals surface area (Å²) in [7, 11) is 0. The van der Waals surface area contributed by atoms with Gasteiger partial charge < -0.3 is 15.7 Å². The first-order valence-electron chi connectivity index (χ1n) is 6.16. The van der Waals surface area contributed by atoms with E-state index in [4.69, 9.17) is 5.73 Å². The number of hydrogen-bond donors (Lipinski definition) is 2. The summed E-state index contributed by atoms with van der Waals surface area (Å²) in [5, 5.41) is 9.98. The van der Waals surface area contributed by atoms with Gasteiger partial charge in [-0.15, -0.1) is 0 Å². The Kier molecular flexibility index (Phi) is 4.27. The van der Waals surface area contributed by atoms with Gasteiger partial charge in [0, 0.05) is 18.7 Å². The van der Waals surface area contributed by atoms with Crippen molar-refractivity contribution in [2.24, 2.45) is 5.73 Å². The van der Waals surface area contributed by atoms with E-state index in [9.17, 15) is 13.9 Å². The normalized spacial score (nSPS) is 20.0. The van der Waals surface area contributed by atoms with Crippen LogP contribution in [0.5, 0.6) is 0 Å². The second kappa shape index (κ2) is 5.73. The molecule has 2 rings (SSSR count). The molecule has 0 saturated carbocycles. The monoisotopic (exact) mass is 256 g/mol. The molecule has 0 spiro atoms. The van der Waals surface area contributed by atoms with E-state index in [2.05, 4.69) is 4.90 Å². The van der Waals surface area contributed by atoms with Crippen molar-refractivity contribution in [3.63, 3.8) is 0 Å². The summed E-state index contributed by atoms with van der Waals surface area (Å²) in [6.07, 6.45) is 0.915. The molecule has 3 N–H and O–H groups in total. The fraction of sp³-hybridized carbons (Fsp3) is 0.538. The summed E-state index contributed by atoms with van der Waals surface area (Å²) in [5.41, 5.74) is 6.07. The maximum absolute atomic E-state index is 13.0. The summed E-state index contributed by atoms with van der Waals surface area (Å²) in [5.74, 6) is -1.32. The zero-order valence-corrected chi connectivity index (χ0v) is 10.1. The smallest absolute Gasteiger partial charge is 0.126 e. The Morgan fingerprint density at radius 3 is 2.33 bits per heavy atom. The second-order valence-corrected chi connectivity index (χ2v) is 4.86. The summed E-state index contributed by atoms with van der Waals surface area (Å²) < 4.78 is 26.1. The van der Waals surface area contributed by atoms with Crippen LogP contribution < -0.4 is 5.73 Å². The number of halogens is 2. The highest BCUT2D eigenvalue weighted by Crippen LogP contribution is 2.19. The average Bonchev–Trinajstić information content (AvgIpc) is 2.31. The van der Waals surface area contributed by atoms with Gasteiger partial charge in [0.05, 0.1) is 6.10 Å². The molecule has 18 heavy (non-hydrogen) atoms. The minimum absolute atomic E-state index is 0.227. The standard InChI is InChI=1S/C13H18F2N2O/c14-10-5-9(6-11(15)7-10)13(18)8-17-3-1-12(16)2-4-17/h5-7,12-13,18H,1-4,8,16H2. The highest BCUT2D eigenvalue weighted by molar-refractivity contribution is 5.20. The lowest BCUT2D eigenvalue weighted by atomic mass is 10.0. The largest absolute Gasteiger partial charge is 0.387 e. The number of aliphatic hydroxyl groups is 1. The van der Waals surface area contributed by atoms with Crippen LogP contribution in [-0.4, -0.2) is 35.7 Å². The third kappa shape index (κ3) is 3.48. The molecule has 1 atom stereocenters. The van der Waals surface area contributed by atoms with Gasteiger partial charge in [-0.2, -0.15) is 0 Å². The molecule has 5 heteroatoms. The number of β-amino-alcohol motifs (C(OH)–C–C–N with tert-alkyl or cyclic N) is 1. The van der Waals surface area contributed by atoms with Gasteiger partial charge in [0.2, 0.25) is 0 Å². The fourth-order valence-corrected chi connectivity index (χ4v) is 2.25. The minimum Gasteiger partial charge on any atom is -0.387 e. The van der Waals surface area contributed by atoms with Crippen molar-refractivity contribution in [1.82, 2.24) is 4.90 Å². The Morgan fingerprint density at radius 1 is 1.22 bits per heavy atom. The lowest BCUT2D eigenvalue weighted by Crippen LogP contribution is -2.41. The summed E-state index contributed by atoms with van der Waals surface area (Å²) in [4.78, 5) is 2.07. The van der Waals surface area contributed by atoms with Crippen LogP contribution in [0.2, 0.25) is 0 Å². The molecule has 0 amide bonds. The minimum atomic E-state index is -0.871. The van der Waals surface area contributed by atoms with E-state index in [0.717, 1.165) is 32.0 Å². The van der Waals surface area contributed by atoms with E-state index in [1.54, 1.807) is 0 Å². The first kappa shape index (κ1) is 13.4. The average molecular weight is 256 g/mol. The maximum Gasteiger partial charge on any atom is 0.126 e. The van der Waals surface area contributed by atoms with Gasteiger partial charge in [0.25, 0.3) is 0 Å². The molecular formula is C13H18F2N2O. The predicted molar refractivity (Wildman–Crippen MR) is 65.0 cm³/mol. The van der Waals surface area contributed by atoms with Crippen molar-refractivity contribution >= 4 is 0 Å². The number of nitrogens with zero attached hydrogens (tertiary/aromatic N) is 1. The van der Waals surface area contributed by atoms with Crippen LogP contribution in [0.4, 0.5) is 8.78 Å². The summed E-state index contributed by atoms with van der Waals surface area (Å²) in [6.45, 7) is 2.02. The highest BCUT2D eigenvalue weighted by atomic mass is 19.1. The third-order valence-corrected chi connectivity index (χ3v) is 3.33. The molecule has 1 saturated heterocycles. The molecule has 1 heterocycles. The molecular weight excluding hydrogens is 238 g/mol. The zero-order chi connectivity index (χ0) is 13.1. The predicted octanol–water partition coefficient (Wildman–Crippen LogP) is 1.42. The number of likely N-dealkylation sites (tertiary alicyclic amines) is 1. The molecule has 1 fully saturated rings.